The zero-order chi connectivity index (χ0) is 24.5. The summed E-state index contributed by atoms with van der Waals surface area (Å²) < 4.78 is 242. The first kappa shape index (κ1) is 37.5. The van der Waals surface area contributed by atoms with Crippen molar-refractivity contribution in [3.63, 3.8) is 0 Å². The average Bonchev–Trinajstić information content (AvgIpc) is 2.43. The molecule has 0 aliphatic carbocycles. The predicted octanol–water partition coefficient (Wildman–Crippen LogP) is 3.54. The van der Waals surface area contributed by atoms with Gasteiger partial charge in [-0.1, -0.05) is 0 Å². The van der Waals surface area contributed by atoms with Gasteiger partial charge in [-0.05, 0) is 0 Å². The van der Waals surface area contributed by atoms with Crippen LogP contribution in [-0.4, -0.2) is 163 Å². The van der Waals surface area contributed by atoms with Gasteiger partial charge in [-0.3, -0.25) is 4.55 Å². The van der Waals surface area contributed by atoms with Crippen molar-refractivity contribution in [1.82, 2.24) is 0 Å². The van der Waals surface area contributed by atoms with Gasteiger partial charge < -0.3 is 0 Å². The monoisotopic (exact) mass is 580 g/mol. The van der Waals surface area contributed by atoms with Gasteiger partial charge in [0.1, 0.15) is 0 Å². The molecule has 0 aliphatic heterocycles. The number of hydrogen-bond acceptors (Lipinski definition) is 2. The molecule has 0 amide bonds. The molecule has 0 spiro atoms. The average molecular weight is 580 g/mol. The van der Waals surface area contributed by atoms with Gasteiger partial charge in [-0.25, -0.2) is 0 Å². The van der Waals surface area contributed by atoms with Crippen LogP contribution in [0.4, 0.5) is 74.6 Å². The standard InChI is InChI=1S/C8HF17O3S.2K.2H/c9-1(10,3(13,14)5(17,18)7(21,22)23)2(11,12)4(15,16)6(19,20)8(24,25)29(26,27)28;;;;/h(H,26,27,28);;;;. The number of alkyl halides is 17. The van der Waals surface area contributed by atoms with Crippen molar-refractivity contribution >= 4 is 113 Å². The van der Waals surface area contributed by atoms with Crippen LogP contribution in [0.5, 0.6) is 0 Å². The molecule has 180 valence electrons. The first-order valence-electron chi connectivity index (χ1n) is 5.68. The molecule has 31 heavy (non-hydrogen) atoms. The van der Waals surface area contributed by atoms with Gasteiger partial charge in [0.2, 0.25) is 0 Å². The van der Waals surface area contributed by atoms with E-state index in [2.05, 4.69) is 0 Å². The zero-order valence-electron chi connectivity index (χ0n) is 12.1. The molecular formula is C8H3F17K2O3S. The molecule has 0 radical (unpaired) electrons. The molecule has 1 N–H and O–H groups in total. The summed E-state index contributed by atoms with van der Waals surface area (Å²) in [5.41, 5.74) is 0. The fourth-order valence-electron chi connectivity index (χ4n) is 1.31. The van der Waals surface area contributed by atoms with Gasteiger partial charge >= 0.3 is 160 Å². The summed E-state index contributed by atoms with van der Waals surface area (Å²) in [4.78, 5) is 0. The molecule has 0 aromatic heterocycles. The van der Waals surface area contributed by atoms with Crippen LogP contribution >= 0.6 is 0 Å². The van der Waals surface area contributed by atoms with Crippen molar-refractivity contribution in [3.8, 4) is 0 Å². The molecule has 0 atom stereocenters. The maximum absolute atomic E-state index is 13.0. The van der Waals surface area contributed by atoms with Crippen LogP contribution < -0.4 is 0 Å². The van der Waals surface area contributed by atoms with Crippen LogP contribution in [0.1, 0.15) is 0 Å². The molecule has 3 nitrogen and oxygen atoms in total. The van der Waals surface area contributed by atoms with Gasteiger partial charge in [0.25, 0.3) is 0 Å². The predicted molar refractivity (Wildman–Crippen MR) is 66.5 cm³/mol. The van der Waals surface area contributed by atoms with Crippen LogP contribution in [-0.2, 0) is 10.1 Å². The topological polar surface area (TPSA) is 54.4 Å². The molecular weight excluding hydrogens is 577 g/mol. The second-order valence-corrected chi connectivity index (χ2v) is 6.40. The molecule has 0 saturated heterocycles. The molecule has 0 aromatic rings. The number of hydrogen-bond donors (Lipinski definition) is 1. The second-order valence-electron chi connectivity index (χ2n) is 4.94. The second kappa shape index (κ2) is 9.80. The van der Waals surface area contributed by atoms with Gasteiger partial charge in [0.05, 0.1) is 0 Å². The van der Waals surface area contributed by atoms with Crippen LogP contribution in [0.2, 0.25) is 0 Å². The molecule has 0 heterocycles. The van der Waals surface area contributed by atoms with Gasteiger partial charge in [0, 0.05) is 0 Å². The van der Waals surface area contributed by atoms with E-state index in [4.69, 9.17) is 4.55 Å². The van der Waals surface area contributed by atoms with Crippen molar-refractivity contribution in [2.24, 2.45) is 0 Å². The molecule has 0 aromatic carbocycles. The van der Waals surface area contributed by atoms with E-state index in [1.54, 1.807) is 0 Å². The van der Waals surface area contributed by atoms with E-state index in [0.717, 1.165) is 0 Å². The third kappa shape index (κ3) is 5.26. The Morgan fingerprint density at radius 3 is 0.806 bits per heavy atom. The van der Waals surface area contributed by atoms with Crippen LogP contribution in [0, 0.1) is 0 Å². The normalized spacial score (nSPS) is 15.8. The van der Waals surface area contributed by atoms with E-state index >= 15 is 0 Å². The Labute approximate surface area is 244 Å². The Balaban J connectivity index is -0.00000392. The number of rotatable bonds is 7. The third-order valence-electron chi connectivity index (χ3n) is 3.02. The molecule has 0 aliphatic rings. The maximum atomic E-state index is 13.0. The first-order chi connectivity index (χ1) is 12.0. The summed E-state index contributed by atoms with van der Waals surface area (Å²) in [7, 11) is -7.89. The summed E-state index contributed by atoms with van der Waals surface area (Å²) >= 11 is 0. The molecule has 0 unspecified atom stereocenters. The molecule has 0 bridgehead atoms. The summed E-state index contributed by atoms with van der Waals surface area (Å²) in [5.74, 6) is -52.0. The van der Waals surface area contributed by atoms with Crippen molar-refractivity contribution in [1.29, 1.82) is 0 Å². The van der Waals surface area contributed by atoms with Gasteiger partial charge in [-0.2, -0.15) is 83.1 Å². The Kier molecular flexibility index (Phi) is 11.9. The van der Waals surface area contributed by atoms with Crippen LogP contribution in [0.25, 0.3) is 0 Å². The number of halogens is 17. The van der Waals surface area contributed by atoms with E-state index in [-0.39, 0.29) is 103 Å². The van der Waals surface area contributed by atoms with Crippen molar-refractivity contribution in [2.75, 3.05) is 0 Å². The fraction of sp³-hybridized carbons (Fsp3) is 1.00. The van der Waals surface area contributed by atoms with Crippen LogP contribution in [0.15, 0.2) is 0 Å². The SMILES string of the molecule is O=S(=O)(O)C(F)(F)C(F)(F)C(F)(F)C(F)(F)C(F)(F)C(F)(F)C(F)(F)C(F)(F)F.[KH].[KH]. The van der Waals surface area contributed by atoms with Crippen molar-refractivity contribution < 1.29 is 87.6 Å². The summed E-state index contributed by atoms with van der Waals surface area (Å²) in [6.45, 7) is 0. The quantitative estimate of drug-likeness (QED) is 0.285. The minimum absolute atomic E-state index is 0. The van der Waals surface area contributed by atoms with E-state index in [1.165, 1.54) is 0 Å². The third-order valence-corrected chi connectivity index (χ3v) is 3.92. The van der Waals surface area contributed by atoms with E-state index in [9.17, 15) is 83.1 Å². The molecule has 23 heteroatoms. The van der Waals surface area contributed by atoms with Crippen molar-refractivity contribution in [3.05, 3.63) is 0 Å². The van der Waals surface area contributed by atoms with Crippen LogP contribution in [0.3, 0.4) is 0 Å². The Morgan fingerprint density at radius 2 is 0.613 bits per heavy atom. The Bertz CT molecular complexity index is 743. The van der Waals surface area contributed by atoms with E-state index in [0.29, 0.717) is 0 Å². The zero-order valence-corrected chi connectivity index (χ0v) is 12.9. The minimum atomic E-state index is -8.89. The Morgan fingerprint density at radius 1 is 0.419 bits per heavy atom. The summed E-state index contributed by atoms with van der Waals surface area (Å²) in [6.07, 6.45) is -7.88. The Hall–Kier alpha value is 1.99. The van der Waals surface area contributed by atoms with Crippen molar-refractivity contribution in [2.45, 2.75) is 47.0 Å². The first-order valence-corrected chi connectivity index (χ1v) is 7.12. The van der Waals surface area contributed by atoms with Gasteiger partial charge in [0.15, 0.2) is 0 Å². The van der Waals surface area contributed by atoms with E-state index in [1.807, 2.05) is 0 Å². The fourth-order valence-corrected chi connectivity index (χ4v) is 1.76. The molecule has 0 rings (SSSR count). The summed E-state index contributed by atoms with van der Waals surface area (Å²) in [5, 5.41) is -7.84. The van der Waals surface area contributed by atoms with E-state index < -0.39 is 57.1 Å². The molecule has 0 fully saturated rings. The van der Waals surface area contributed by atoms with Gasteiger partial charge in [-0.15, -0.1) is 0 Å². The summed E-state index contributed by atoms with van der Waals surface area (Å²) in [6, 6.07) is 0. The molecule has 0 saturated carbocycles.